The van der Waals surface area contributed by atoms with E-state index in [4.69, 9.17) is 11.6 Å². The summed E-state index contributed by atoms with van der Waals surface area (Å²) in [7, 11) is 0. The fourth-order valence-electron chi connectivity index (χ4n) is 2.17. The molecule has 0 atom stereocenters. The predicted octanol–water partition coefficient (Wildman–Crippen LogP) is 5.02. The van der Waals surface area contributed by atoms with Gasteiger partial charge in [0.2, 0.25) is 0 Å². The van der Waals surface area contributed by atoms with E-state index < -0.39 is 0 Å². The zero-order valence-electron chi connectivity index (χ0n) is 10.5. The van der Waals surface area contributed by atoms with Gasteiger partial charge in [0.1, 0.15) is 0 Å². The molecule has 0 radical (unpaired) electrons. The van der Waals surface area contributed by atoms with Crippen LogP contribution in [0.5, 0.6) is 0 Å². The van der Waals surface area contributed by atoms with Gasteiger partial charge in [-0.2, -0.15) is 0 Å². The quantitative estimate of drug-likeness (QED) is 0.826. The minimum Gasteiger partial charge on any atom is -0.310 e. The highest BCUT2D eigenvalue weighted by Crippen LogP contribution is 2.33. The average molecular weight is 337 g/mol. The maximum Gasteiger partial charge on any atom is 0.0412 e. The van der Waals surface area contributed by atoms with Crippen molar-refractivity contribution >= 4 is 27.5 Å². The first kappa shape index (κ1) is 13.2. The highest BCUT2D eigenvalue weighted by Gasteiger charge is 2.20. The molecule has 0 spiro atoms. The Labute approximate surface area is 127 Å². The van der Waals surface area contributed by atoms with Gasteiger partial charge in [0.25, 0.3) is 0 Å². The number of rotatable bonds is 4. The number of hydrogen-bond acceptors (Lipinski definition) is 1. The second-order valence-corrected chi connectivity index (χ2v) is 6.23. The third-order valence-corrected chi connectivity index (χ3v) is 4.32. The lowest BCUT2D eigenvalue weighted by Crippen LogP contribution is -2.15. The monoisotopic (exact) mass is 335 g/mol. The first-order valence-corrected chi connectivity index (χ1v) is 7.68. The van der Waals surface area contributed by atoms with Gasteiger partial charge in [-0.25, -0.2) is 0 Å². The Hall–Kier alpha value is -0.830. The van der Waals surface area contributed by atoms with Crippen molar-refractivity contribution in [3.8, 4) is 11.1 Å². The molecule has 1 saturated carbocycles. The third-order valence-electron chi connectivity index (χ3n) is 3.39. The molecule has 0 aliphatic heterocycles. The summed E-state index contributed by atoms with van der Waals surface area (Å²) in [4.78, 5) is 0. The molecule has 1 nitrogen and oxygen atoms in total. The van der Waals surface area contributed by atoms with E-state index in [1.165, 1.54) is 29.5 Å². The first-order valence-electron chi connectivity index (χ1n) is 6.51. The van der Waals surface area contributed by atoms with Gasteiger partial charge < -0.3 is 5.32 Å². The summed E-state index contributed by atoms with van der Waals surface area (Å²) in [5.74, 6) is 0. The van der Waals surface area contributed by atoms with Crippen molar-refractivity contribution < 1.29 is 0 Å². The van der Waals surface area contributed by atoms with Crippen molar-refractivity contribution in [1.29, 1.82) is 0 Å². The van der Waals surface area contributed by atoms with Crippen LogP contribution in [-0.4, -0.2) is 6.04 Å². The highest BCUT2D eigenvalue weighted by molar-refractivity contribution is 9.10. The Morgan fingerprint density at radius 1 is 1.11 bits per heavy atom. The lowest BCUT2D eigenvalue weighted by Gasteiger charge is -2.12. The van der Waals surface area contributed by atoms with Crippen LogP contribution in [0.1, 0.15) is 18.4 Å². The molecule has 1 aliphatic carbocycles. The molecule has 19 heavy (non-hydrogen) atoms. The van der Waals surface area contributed by atoms with E-state index in [1.54, 1.807) is 0 Å². The smallest absolute Gasteiger partial charge is 0.0412 e. The van der Waals surface area contributed by atoms with Gasteiger partial charge in [-0.3, -0.25) is 0 Å². The van der Waals surface area contributed by atoms with Crippen LogP contribution in [0.4, 0.5) is 0 Å². The van der Waals surface area contributed by atoms with Crippen molar-refractivity contribution in [3.63, 3.8) is 0 Å². The summed E-state index contributed by atoms with van der Waals surface area (Å²) in [6.45, 7) is 0.901. The largest absolute Gasteiger partial charge is 0.310 e. The van der Waals surface area contributed by atoms with Gasteiger partial charge in [-0.05, 0) is 47.7 Å². The van der Waals surface area contributed by atoms with Crippen LogP contribution in [0, 0.1) is 0 Å². The third kappa shape index (κ3) is 3.19. The van der Waals surface area contributed by atoms with Crippen LogP contribution < -0.4 is 5.32 Å². The topological polar surface area (TPSA) is 12.0 Å². The lowest BCUT2D eigenvalue weighted by atomic mass is 9.99. The van der Waals surface area contributed by atoms with E-state index in [0.29, 0.717) is 6.04 Å². The van der Waals surface area contributed by atoms with Crippen LogP contribution in [0.3, 0.4) is 0 Å². The van der Waals surface area contributed by atoms with Gasteiger partial charge in [0.05, 0.1) is 0 Å². The Morgan fingerprint density at radius 3 is 2.63 bits per heavy atom. The molecule has 3 rings (SSSR count). The highest BCUT2D eigenvalue weighted by atomic mass is 79.9. The van der Waals surface area contributed by atoms with Gasteiger partial charge in [0.15, 0.2) is 0 Å². The molecule has 1 N–H and O–H groups in total. The van der Waals surface area contributed by atoms with E-state index >= 15 is 0 Å². The van der Waals surface area contributed by atoms with Crippen LogP contribution in [0.25, 0.3) is 11.1 Å². The summed E-state index contributed by atoms with van der Waals surface area (Å²) in [6.07, 6.45) is 2.61. The van der Waals surface area contributed by atoms with E-state index in [0.717, 1.165) is 16.0 Å². The molecule has 3 heteroatoms. The van der Waals surface area contributed by atoms with Gasteiger partial charge >= 0.3 is 0 Å². The maximum atomic E-state index is 6.16. The number of nitrogens with one attached hydrogen (secondary N) is 1. The number of hydrogen-bond donors (Lipinski definition) is 1. The standard InChI is InChI=1S/C16H15BrClN/c17-16-4-2-1-3-14(16)15-9-12(18)6-5-11(15)10-19-13-7-8-13/h1-6,9,13,19H,7-8,10H2. The lowest BCUT2D eigenvalue weighted by molar-refractivity contribution is 0.689. The first-order chi connectivity index (χ1) is 9.24. The summed E-state index contributed by atoms with van der Waals surface area (Å²) >= 11 is 9.78. The predicted molar refractivity (Wildman–Crippen MR) is 84.4 cm³/mol. The van der Waals surface area contributed by atoms with Crippen LogP contribution in [0.2, 0.25) is 5.02 Å². The fourth-order valence-corrected chi connectivity index (χ4v) is 2.85. The molecular weight excluding hydrogens is 322 g/mol. The van der Waals surface area contributed by atoms with Crippen LogP contribution >= 0.6 is 27.5 Å². The van der Waals surface area contributed by atoms with Crippen LogP contribution in [-0.2, 0) is 6.54 Å². The minimum absolute atomic E-state index is 0.711. The summed E-state index contributed by atoms with van der Waals surface area (Å²) in [5.41, 5.74) is 3.69. The number of halogens is 2. The minimum atomic E-state index is 0.711. The molecule has 1 fully saturated rings. The van der Waals surface area contributed by atoms with E-state index in [1.807, 2.05) is 18.2 Å². The molecule has 0 unspecified atom stereocenters. The van der Waals surface area contributed by atoms with Gasteiger partial charge in [-0.15, -0.1) is 0 Å². The summed E-state index contributed by atoms with van der Waals surface area (Å²) in [5, 5.41) is 4.34. The Bertz CT molecular complexity index is 593. The molecule has 0 saturated heterocycles. The molecular formula is C16H15BrClN. The zero-order valence-corrected chi connectivity index (χ0v) is 12.8. The Kier molecular flexibility index (Phi) is 3.92. The summed E-state index contributed by atoms with van der Waals surface area (Å²) < 4.78 is 1.10. The van der Waals surface area contributed by atoms with E-state index in [2.05, 4.69) is 45.5 Å². The SMILES string of the molecule is Clc1ccc(CNC2CC2)c(-c2ccccc2Br)c1. The van der Waals surface area contributed by atoms with Crippen molar-refractivity contribution in [3.05, 3.63) is 57.5 Å². The molecule has 2 aromatic rings. The van der Waals surface area contributed by atoms with Gasteiger partial charge in [-0.1, -0.05) is 51.8 Å². The van der Waals surface area contributed by atoms with Crippen molar-refractivity contribution in [2.75, 3.05) is 0 Å². The van der Waals surface area contributed by atoms with Crippen molar-refractivity contribution in [1.82, 2.24) is 5.32 Å². The number of benzene rings is 2. The second kappa shape index (κ2) is 5.66. The van der Waals surface area contributed by atoms with Gasteiger partial charge in [0, 0.05) is 22.1 Å². The molecule has 1 aliphatic rings. The maximum absolute atomic E-state index is 6.16. The molecule has 0 bridgehead atoms. The van der Waals surface area contributed by atoms with Crippen LogP contribution in [0.15, 0.2) is 46.9 Å². The Morgan fingerprint density at radius 2 is 1.89 bits per heavy atom. The molecule has 98 valence electrons. The van der Waals surface area contributed by atoms with Crippen molar-refractivity contribution in [2.24, 2.45) is 0 Å². The molecule has 2 aromatic carbocycles. The van der Waals surface area contributed by atoms with E-state index in [9.17, 15) is 0 Å². The Balaban J connectivity index is 1.97. The molecule has 0 aromatic heterocycles. The van der Waals surface area contributed by atoms with Crippen molar-refractivity contribution in [2.45, 2.75) is 25.4 Å². The molecule has 0 amide bonds. The fraction of sp³-hybridized carbons (Fsp3) is 0.250. The van der Waals surface area contributed by atoms with E-state index in [-0.39, 0.29) is 0 Å². The second-order valence-electron chi connectivity index (χ2n) is 4.94. The molecule has 0 heterocycles. The summed E-state index contributed by atoms with van der Waals surface area (Å²) in [6, 6.07) is 15.1. The zero-order chi connectivity index (χ0) is 13.2. The average Bonchev–Trinajstić information content (AvgIpc) is 3.22. The normalized spacial score (nSPS) is 14.6.